The van der Waals surface area contributed by atoms with Crippen LogP contribution in [0.4, 0.5) is 11.4 Å². The molecular formula is C32H32N4O3. The summed E-state index contributed by atoms with van der Waals surface area (Å²) in [6, 6.07) is 14.1. The molecule has 0 unspecified atom stereocenters. The van der Waals surface area contributed by atoms with Crippen molar-refractivity contribution >= 4 is 28.4 Å². The topological polar surface area (TPSA) is 72.0 Å². The van der Waals surface area contributed by atoms with E-state index in [0.717, 1.165) is 72.4 Å². The number of hydrogen-bond acceptors (Lipinski definition) is 5. The predicted octanol–water partition coefficient (Wildman–Crippen LogP) is 7.19. The first kappa shape index (κ1) is 25.1. The monoisotopic (exact) mass is 520 g/mol. The lowest BCUT2D eigenvalue weighted by atomic mass is 9.97. The van der Waals surface area contributed by atoms with Crippen LogP contribution in [0, 0.1) is 13.5 Å². The van der Waals surface area contributed by atoms with Crippen LogP contribution in [0.25, 0.3) is 38.4 Å². The van der Waals surface area contributed by atoms with Crippen molar-refractivity contribution in [2.75, 3.05) is 32.6 Å². The van der Waals surface area contributed by atoms with Crippen molar-refractivity contribution in [1.29, 1.82) is 0 Å². The minimum atomic E-state index is -0.0324. The molecule has 1 N–H and O–H groups in total. The van der Waals surface area contributed by atoms with E-state index in [9.17, 15) is 4.79 Å². The van der Waals surface area contributed by atoms with Gasteiger partial charge in [-0.05, 0) is 79.5 Å². The van der Waals surface area contributed by atoms with Crippen LogP contribution >= 0.6 is 0 Å². The second-order valence-corrected chi connectivity index (χ2v) is 10.8. The normalized spacial score (nSPS) is 15.7. The SMILES string of the molecule is [C-]#[N+]c1cc(-c2ccnc3cc(-c4ccc(C(=O)N(C)C)cc4C)oc23)cc(C2CC2)c1NC1CCOCC1. The second-order valence-electron chi connectivity index (χ2n) is 10.8. The first-order valence-electron chi connectivity index (χ1n) is 13.5. The van der Waals surface area contributed by atoms with Gasteiger partial charge in [0.1, 0.15) is 11.3 Å². The van der Waals surface area contributed by atoms with E-state index in [1.165, 1.54) is 5.56 Å². The lowest BCUT2D eigenvalue weighted by Crippen LogP contribution is -2.28. The number of rotatable bonds is 6. The van der Waals surface area contributed by atoms with Crippen molar-refractivity contribution < 1.29 is 13.9 Å². The van der Waals surface area contributed by atoms with E-state index >= 15 is 0 Å². The van der Waals surface area contributed by atoms with Crippen molar-refractivity contribution in [1.82, 2.24) is 9.88 Å². The largest absolute Gasteiger partial charge is 0.454 e. The number of hydrogen-bond donors (Lipinski definition) is 1. The molecule has 1 aliphatic carbocycles. The molecule has 1 amide bonds. The van der Waals surface area contributed by atoms with E-state index < -0.39 is 0 Å². The van der Waals surface area contributed by atoms with Gasteiger partial charge in [-0.3, -0.25) is 9.78 Å². The maximum absolute atomic E-state index is 12.4. The Morgan fingerprint density at radius 1 is 1.05 bits per heavy atom. The summed E-state index contributed by atoms with van der Waals surface area (Å²) < 4.78 is 12.0. The average Bonchev–Trinajstić information content (AvgIpc) is 3.70. The molecular weight excluding hydrogens is 488 g/mol. The smallest absolute Gasteiger partial charge is 0.253 e. The number of ether oxygens (including phenoxy) is 1. The van der Waals surface area contributed by atoms with Crippen LogP contribution in [-0.2, 0) is 4.74 Å². The molecule has 2 aliphatic rings. The van der Waals surface area contributed by atoms with Gasteiger partial charge in [0.15, 0.2) is 5.58 Å². The molecule has 1 saturated heterocycles. The van der Waals surface area contributed by atoms with Crippen molar-refractivity contribution in [3.63, 3.8) is 0 Å². The number of aromatic nitrogens is 1. The lowest BCUT2D eigenvalue weighted by molar-refractivity contribution is 0.0827. The van der Waals surface area contributed by atoms with Gasteiger partial charge in [-0.15, -0.1) is 0 Å². The number of anilines is 1. The average molecular weight is 521 g/mol. The Hall–Kier alpha value is -4.15. The third-order valence-corrected chi connectivity index (χ3v) is 7.72. The summed E-state index contributed by atoms with van der Waals surface area (Å²) in [5, 5.41) is 3.70. The van der Waals surface area contributed by atoms with Gasteiger partial charge in [-0.25, -0.2) is 4.85 Å². The Kier molecular flexibility index (Phi) is 6.58. The third-order valence-electron chi connectivity index (χ3n) is 7.72. The molecule has 0 atom stereocenters. The number of aryl methyl sites for hydroxylation is 1. The van der Waals surface area contributed by atoms with E-state index in [2.05, 4.69) is 21.2 Å². The highest BCUT2D eigenvalue weighted by Crippen LogP contribution is 2.49. The molecule has 4 aromatic rings. The maximum atomic E-state index is 12.4. The fourth-order valence-electron chi connectivity index (χ4n) is 5.44. The molecule has 7 nitrogen and oxygen atoms in total. The first-order valence-corrected chi connectivity index (χ1v) is 13.5. The molecule has 1 saturated carbocycles. The molecule has 3 heterocycles. The van der Waals surface area contributed by atoms with Gasteiger partial charge in [0.25, 0.3) is 5.91 Å². The third kappa shape index (κ3) is 4.88. The number of amides is 1. The van der Waals surface area contributed by atoms with Crippen molar-refractivity contribution in [2.24, 2.45) is 0 Å². The van der Waals surface area contributed by atoms with E-state index in [1.807, 2.05) is 43.3 Å². The summed E-state index contributed by atoms with van der Waals surface area (Å²) in [6.45, 7) is 11.5. The van der Waals surface area contributed by atoms with Crippen LogP contribution in [0.2, 0.25) is 0 Å². The van der Waals surface area contributed by atoms with Crippen molar-refractivity contribution in [2.45, 2.75) is 44.6 Å². The summed E-state index contributed by atoms with van der Waals surface area (Å²) >= 11 is 0. The minimum absolute atomic E-state index is 0.0324. The number of carbonyl (C=O) groups excluding carboxylic acids is 1. The zero-order valence-electron chi connectivity index (χ0n) is 22.6. The Morgan fingerprint density at radius 3 is 2.54 bits per heavy atom. The highest BCUT2D eigenvalue weighted by molar-refractivity contribution is 5.96. The zero-order valence-corrected chi connectivity index (χ0v) is 22.6. The standard InChI is InChI=1S/C32H32N4O3/c1-19-15-21(32(37)36(3)4)7-8-24(19)29-18-28-31(39-29)25(9-12-34-28)22-16-26(20-5-6-20)30(27(17-22)33-2)35-23-10-13-38-14-11-23/h7-9,12,15-18,20,23,35H,5-6,10-11,13-14H2,1,3-4H3. The van der Waals surface area contributed by atoms with Crippen LogP contribution in [0.15, 0.2) is 53.1 Å². The van der Waals surface area contributed by atoms with Crippen LogP contribution < -0.4 is 5.32 Å². The summed E-state index contributed by atoms with van der Waals surface area (Å²) in [6.07, 6.45) is 5.99. The van der Waals surface area contributed by atoms with Crippen molar-refractivity contribution in [3.8, 4) is 22.5 Å². The molecule has 0 bridgehead atoms. The number of pyridine rings is 1. The summed E-state index contributed by atoms with van der Waals surface area (Å²) in [5.74, 6) is 1.15. The summed E-state index contributed by atoms with van der Waals surface area (Å²) in [7, 11) is 3.50. The number of fused-ring (bicyclic) bond motifs is 1. The predicted molar refractivity (Wildman–Crippen MR) is 153 cm³/mol. The van der Waals surface area contributed by atoms with Gasteiger partial charge in [0.05, 0.1) is 6.57 Å². The highest BCUT2D eigenvalue weighted by atomic mass is 16.5. The van der Waals surface area contributed by atoms with Crippen LogP contribution in [0.3, 0.4) is 0 Å². The van der Waals surface area contributed by atoms with Crippen LogP contribution in [0.1, 0.15) is 53.1 Å². The van der Waals surface area contributed by atoms with E-state index in [0.29, 0.717) is 34.6 Å². The molecule has 39 heavy (non-hydrogen) atoms. The minimum Gasteiger partial charge on any atom is -0.454 e. The Morgan fingerprint density at radius 2 is 1.85 bits per heavy atom. The van der Waals surface area contributed by atoms with Gasteiger partial charge in [-0.2, -0.15) is 0 Å². The quantitative estimate of drug-likeness (QED) is 0.272. The first-order chi connectivity index (χ1) is 18.9. The molecule has 1 aliphatic heterocycles. The Bertz CT molecular complexity index is 1600. The summed E-state index contributed by atoms with van der Waals surface area (Å²) in [4.78, 5) is 22.5. The molecule has 6 rings (SSSR count). The number of nitrogens with one attached hydrogen (secondary N) is 1. The van der Waals surface area contributed by atoms with Gasteiger partial charge in [0, 0.05) is 68.0 Å². The van der Waals surface area contributed by atoms with E-state index in [-0.39, 0.29) is 5.91 Å². The van der Waals surface area contributed by atoms with Gasteiger partial charge >= 0.3 is 0 Å². The fourth-order valence-corrected chi connectivity index (χ4v) is 5.44. The molecule has 0 radical (unpaired) electrons. The fraction of sp³-hybridized carbons (Fsp3) is 0.344. The van der Waals surface area contributed by atoms with Gasteiger partial charge < -0.3 is 19.4 Å². The molecule has 2 aromatic heterocycles. The molecule has 2 fully saturated rings. The van der Waals surface area contributed by atoms with E-state index in [1.54, 1.807) is 25.2 Å². The molecule has 2 aromatic carbocycles. The zero-order chi connectivity index (χ0) is 27.1. The maximum Gasteiger partial charge on any atom is 0.253 e. The Balaban J connectivity index is 1.41. The number of benzene rings is 2. The molecule has 0 spiro atoms. The number of carbonyl (C=O) groups is 1. The second kappa shape index (κ2) is 10.2. The van der Waals surface area contributed by atoms with E-state index in [4.69, 9.17) is 15.7 Å². The van der Waals surface area contributed by atoms with Crippen molar-refractivity contribution in [3.05, 3.63) is 76.8 Å². The highest BCUT2D eigenvalue weighted by Gasteiger charge is 2.30. The number of nitrogens with zero attached hydrogens (tertiary/aromatic N) is 3. The van der Waals surface area contributed by atoms with Crippen LogP contribution in [-0.4, -0.2) is 49.1 Å². The molecule has 198 valence electrons. The van der Waals surface area contributed by atoms with Gasteiger partial charge in [-0.1, -0.05) is 12.1 Å². The molecule has 7 heteroatoms. The van der Waals surface area contributed by atoms with Crippen LogP contribution in [0.5, 0.6) is 0 Å². The summed E-state index contributed by atoms with van der Waals surface area (Å²) in [5.41, 5.74) is 8.73. The number of furan rings is 1. The van der Waals surface area contributed by atoms with Gasteiger partial charge in [0.2, 0.25) is 5.69 Å². The Labute approximate surface area is 228 Å². The lowest BCUT2D eigenvalue weighted by Gasteiger charge is -2.26.